The van der Waals surface area contributed by atoms with Crippen LogP contribution in [0.25, 0.3) is 0 Å². The Morgan fingerprint density at radius 1 is 1.35 bits per heavy atom. The molecule has 6 nitrogen and oxygen atoms in total. The lowest BCUT2D eigenvalue weighted by Crippen LogP contribution is -2.24. The average molecular weight is 316 g/mol. The van der Waals surface area contributed by atoms with E-state index < -0.39 is 5.91 Å². The lowest BCUT2D eigenvalue weighted by molar-refractivity contribution is 0.0944. The first-order chi connectivity index (χ1) is 9.52. The minimum absolute atomic E-state index is 0.0890. The number of aryl methyl sites for hydroxylation is 1. The average Bonchev–Trinajstić information content (AvgIpc) is 2.84. The van der Waals surface area contributed by atoms with Crippen LogP contribution in [0, 0.1) is 6.92 Å². The predicted octanol–water partition coefficient (Wildman–Crippen LogP) is 2.62. The Morgan fingerprint density at radius 3 is 2.65 bits per heavy atom. The lowest BCUT2D eigenvalue weighted by Gasteiger charge is -2.11. The second kappa shape index (κ2) is 6.11. The standard InChI is InChI=1S/C12H11Cl2N3O3/c1-6-16-17-9(20-6)5-15-12(18)10-7(13)3-4-8(14)11(10)19-2/h3-4H,5H2,1-2H3,(H,15,18). The summed E-state index contributed by atoms with van der Waals surface area (Å²) in [6.45, 7) is 1.75. The van der Waals surface area contributed by atoms with Crippen LogP contribution in [0.5, 0.6) is 5.75 Å². The number of nitrogens with one attached hydrogen (secondary N) is 1. The van der Waals surface area contributed by atoms with Gasteiger partial charge in [0.15, 0.2) is 5.75 Å². The van der Waals surface area contributed by atoms with Gasteiger partial charge in [0, 0.05) is 6.92 Å². The number of methoxy groups -OCH3 is 1. The summed E-state index contributed by atoms with van der Waals surface area (Å²) in [7, 11) is 1.41. The monoisotopic (exact) mass is 315 g/mol. The van der Waals surface area contributed by atoms with Gasteiger partial charge in [0.05, 0.1) is 23.7 Å². The summed E-state index contributed by atoms with van der Waals surface area (Å²) < 4.78 is 10.3. The fourth-order valence-corrected chi connectivity index (χ4v) is 2.07. The fraction of sp³-hybridized carbons (Fsp3) is 0.250. The van der Waals surface area contributed by atoms with Gasteiger partial charge in [-0.1, -0.05) is 23.2 Å². The Kier molecular flexibility index (Phi) is 4.46. The second-order valence-electron chi connectivity index (χ2n) is 3.83. The van der Waals surface area contributed by atoms with Crippen LogP contribution in [0.1, 0.15) is 22.1 Å². The first-order valence-electron chi connectivity index (χ1n) is 5.62. The molecular weight excluding hydrogens is 305 g/mol. The largest absolute Gasteiger partial charge is 0.494 e. The van der Waals surface area contributed by atoms with Crippen LogP contribution in [-0.4, -0.2) is 23.2 Å². The van der Waals surface area contributed by atoms with Crippen molar-refractivity contribution in [1.82, 2.24) is 15.5 Å². The summed E-state index contributed by atoms with van der Waals surface area (Å²) in [4.78, 5) is 12.2. The van der Waals surface area contributed by atoms with Gasteiger partial charge in [0.1, 0.15) is 5.56 Å². The van der Waals surface area contributed by atoms with E-state index in [9.17, 15) is 4.79 Å². The van der Waals surface area contributed by atoms with Crippen molar-refractivity contribution in [3.8, 4) is 5.75 Å². The number of carbonyl (C=O) groups excluding carboxylic acids is 1. The number of hydrogen-bond acceptors (Lipinski definition) is 5. The van der Waals surface area contributed by atoms with Crippen LogP contribution in [0.15, 0.2) is 16.5 Å². The van der Waals surface area contributed by atoms with Crippen molar-refractivity contribution in [3.05, 3.63) is 39.5 Å². The molecule has 20 heavy (non-hydrogen) atoms. The van der Waals surface area contributed by atoms with Gasteiger partial charge < -0.3 is 14.5 Å². The van der Waals surface area contributed by atoms with Crippen molar-refractivity contribution in [3.63, 3.8) is 0 Å². The van der Waals surface area contributed by atoms with E-state index in [1.54, 1.807) is 13.0 Å². The summed E-state index contributed by atoms with van der Waals surface area (Å²) in [5.74, 6) is 0.504. The number of benzene rings is 1. The molecule has 1 heterocycles. The highest BCUT2D eigenvalue weighted by molar-refractivity contribution is 6.37. The molecule has 0 aliphatic rings. The molecule has 0 fully saturated rings. The topological polar surface area (TPSA) is 77.2 Å². The van der Waals surface area contributed by atoms with Gasteiger partial charge in [-0.3, -0.25) is 4.79 Å². The van der Waals surface area contributed by atoms with E-state index >= 15 is 0 Å². The maximum absolute atomic E-state index is 12.2. The Balaban J connectivity index is 2.19. The van der Waals surface area contributed by atoms with Crippen LogP contribution in [0.2, 0.25) is 10.0 Å². The molecule has 0 unspecified atom stereocenters. The number of carbonyl (C=O) groups is 1. The molecule has 0 aliphatic carbocycles. The SMILES string of the molecule is COc1c(Cl)ccc(Cl)c1C(=O)NCc1nnc(C)o1. The summed E-state index contributed by atoms with van der Waals surface area (Å²) >= 11 is 12.0. The normalized spacial score (nSPS) is 10.4. The molecule has 0 aliphatic heterocycles. The third-order valence-corrected chi connectivity index (χ3v) is 3.07. The zero-order valence-corrected chi connectivity index (χ0v) is 12.2. The Labute approximate surface area is 125 Å². The predicted molar refractivity (Wildman–Crippen MR) is 73.2 cm³/mol. The van der Waals surface area contributed by atoms with E-state index in [-0.39, 0.29) is 22.9 Å². The van der Waals surface area contributed by atoms with Crippen molar-refractivity contribution < 1.29 is 13.9 Å². The molecule has 0 spiro atoms. The van der Waals surface area contributed by atoms with Gasteiger partial charge in [0.2, 0.25) is 11.8 Å². The third kappa shape index (κ3) is 3.02. The molecule has 2 aromatic rings. The summed E-state index contributed by atoms with van der Waals surface area (Å²) in [5, 5.41) is 10.6. The smallest absolute Gasteiger partial charge is 0.257 e. The number of rotatable bonds is 4. The summed E-state index contributed by atoms with van der Waals surface area (Å²) in [6, 6.07) is 3.08. The van der Waals surface area contributed by atoms with E-state index in [0.29, 0.717) is 16.8 Å². The number of hydrogen-bond donors (Lipinski definition) is 1. The molecule has 1 N–H and O–H groups in total. The van der Waals surface area contributed by atoms with Crippen molar-refractivity contribution in [2.45, 2.75) is 13.5 Å². The zero-order valence-electron chi connectivity index (χ0n) is 10.7. The van der Waals surface area contributed by atoms with Crippen molar-refractivity contribution in [1.29, 1.82) is 0 Å². The summed E-state index contributed by atoms with van der Waals surface area (Å²) in [5.41, 5.74) is 0.165. The highest BCUT2D eigenvalue weighted by Gasteiger charge is 2.19. The minimum Gasteiger partial charge on any atom is -0.494 e. The highest BCUT2D eigenvalue weighted by atomic mass is 35.5. The van der Waals surface area contributed by atoms with E-state index in [2.05, 4.69) is 15.5 Å². The molecule has 2 rings (SSSR count). The zero-order chi connectivity index (χ0) is 14.7. The third-order valence-electron chi connectivity index (χ3n) is 2.46. The number of ether oxygens (including phenoxy) is 1. The van der Waals surface area contributed by atoms with Crippen LogP contribution in [-0.2, 0) is 6.54 Å². The molecule has 0 saturated carbocycles. The van der Waals surface area contributed by atoms with Gasteiger partial charge in [-0.25, -0.2) is 0 Å². The Morgan fingerprint density at radius 2 is 2.05 bits per heavy atom. The van der Waals surface area contributed by atoms with Crippen molar-refractivity contribution >= 4 is 29.1 Å². The van der Waals surface area contributed by atoms with Gasteiger partial charge in [-0.05, 0) is 12.1 Å². The molecule has 0 radical (unpaired) electrons. The Bertz CT molecular complexity index is 643. The number of amides is 1. The van der Waals surface area contributed by atoms with Crippen LogP contribution in [0.3, 0.4) is 0 Å². The number of nitrogens with zero attached hydrogens (tertiary/aromatic N) is 2. The van der Waals surface area contributed by atoms with Gasteiger partial charge in [-0.15, -0.1) is 10.2 Å². The Hall–Kier alpha value is -1.79. The van der Waals surface area contributed by atoms with Crippen molar-refractivity contribution in [2.75, 3.05) is 7.11 Å². The fourth-order valence-electron chi connectivity index (χ4n) is 1.60. The molecule has 0 atom stereocenters. The summed E-state index contributed by atoms with van der Waals surface area (Å²) in [6.07, 6.45) is 0. The molecule has 0 saturated heterocycles. The van der Waals surface area contributed by atoms with Gasteiger partial charge >= 0.3 is 0 Å². The molecule has 106 valence electrons. The first kappa shape index (κ1) is 14.6. The van der Waals surface area contributed by atoms with E-state index in [4.69, 9.17) is 32.4 Å². The van der Waals surface area contributed by atoms with Crippen LogP contribution in [0.4, 0.5) is 0 Å². The molecule has 1 aromatic heterocycles. The van der Waals surface area contributed by atoms with E-state index in [0.717, 1.165) is 0 Å². The molecular formula is C12H11Cl2N3O3. The van der Waals surface area contributed by atoms with Crippen LogP contribution >= 0.6 is 23.2 Å². The first-order valence-corrected chi connectivity index (χ1v) is 6.37. The molecule has 1 aromatic carbocycles. The lowest BCUT2D eigenvalue weighted by atomic mass is 10.2. The quantitative estimate of drug-likeness (QED) is 0.938. The van der Waals surface area contributed by atoms with Crippen LogP contribution < -0.4 is 10.1 Å². The molecule has 8 heteroatoms. The van der Waals surface area contributed by atoms with Gasteiger partial charge in [-0.2, -0.15) is 0 Å². The minimum atomic E-state index is -0.440. The maximum atomic E-state index is 12.2. The number of aromatic nitrogens is 2. The maximum Gasteiger partial charge on any atom is 0.257 e. The molecule has 0 bridgehead atoms. The number of halogens is 2. The van der Waals surface area contributed by atoms with Crippen molar-refractivity contribution in [2.24, 2.45) is 0 Å². The molecule has 1 amide bonds. The van der Waals surface area contributed by atoms with E-state index in [1.165, 1.54) is 13.2 Å². The van der Waals surface area contributed by atoms with Gasteiger partial charge in [0.25, 0.3) is 5.91 Å². The second-order valence-corrected chi connectivity index (χ2v) is 4.65. The van der Waals surface area contributed by atoms with E-state index in [1.807, 2.05) is 0 Å². The highest BCUT2D eigenvalue weighted by Crippen LogP contribution is 2.33.